The summed E-state index contributed by atoms with van der Waals surface area (Å²) in [6.07, 6.45) is 1.46. The molecule has 0 aromatic carbocycles. The quantitative estimate of drug-likeness (QED) is 0.837. The Bertz CT molecular complexity index is 524. The van der Waals surface area contributed by atoms with Crippen LogP contribution in [0.25, 0.3) is 0 Å². The summed E-state index contributed by atoms with van der Waals surface area (Å²) >= 11 is 6.03. The summed E-state index contributed by atoms with van der Waals surface area (Å²) in [5, 5.41) is 9.10. The Labute approximate surface area is 124 Å². The summed E-state index contributed by atoms with van der Waals surface area (Å²) in [6, 6.07) is 2.12. The lowest BCUT2D eigenvalue weighted by Gasteiger charge is -2.22. The fourth-order valence-electron chi connectivity index (χ4n) is 1.69. The molecule has 0 aliphatic rings. The minimum absolute atomic E-state index is 0.118. The second-order valence-electron chi connectivity index (χ2n) is 4.95. The average molecular weight is 295 g/mol. The molecule has 1 heterocycles. The van der Waals surface area contributed by atoms with Crippen molar-refractivity contribution < 1.29 is 4.79 Å². The molecule has 1 aromatic rings. The van der Waals surface area contributed by atoms with E-state index in [4.69, 9.17) is 16.9 Å². The van der Waals surface area contributed by atoms with Crippen LogP contribution in [0.15, 0.2) is 6.20 Å². The maximum absolute atomic E-state index is 12.5. The molecule has 0 radical (unpaired) electrons. The monoisotopic (exact) mass is 294 g/mol. The molecule has 0 spiro atoms. The number of hydrogen-bond acceptors (Lipinski definition) is 4. The van der Waals surface area contributed by atoms with E-state index in [-0.39, 0.29) is 28.5 Å². The molecule has 1 atom stereocenters. The number of rotatable bonds is 5. The highest BCUT2D eigenvalue weighted by atomic mass is 35.5. The third-order valence-electron chi connectivity index (χ3n) is 2.87. The molecule has 1 rings (SSSR count). The number of amides is 1. The zero-order valence-corrected chi connectivity index (χ0v) is 13.0. The Hall–Kier alpha value is -1.67. The fourth-order valence-corrected chi connectivity index (χ4v) is 1.86. The van der Waals surface area contributed by atoms with Gasteiger partial charge in [0.2, 0.25) is 0 Å². The van der Waals surface area contributed by atoms with Crippen molar-refractivity contribution in [2.75, 3.05) is 13.1 Å². The van der Waals surface area contributed by atoms with Crippen LogP contribution in [0, 0.1) is 17.2 Å². The van der Waals surface area contributed by atoms with Gasteiger partial charge in [-0.15, -0.1) is 0 Å². The molecule has 1 aromatic heterocycles. The van der Waals surface area contributed by atoms with Gasteiger partial charge in [0.1, 0.15) is 5.82 Å². The molecular formula is C14H19ClN4O. The van der Waals surface area contributed by atoms with Crippen LogP contribution in [0.3, 0.4) is 0 Å². The van der Waals surface area contributed by atoms with Crippen LogP contribution in [0.5, 0.6) is 0 Å². The normalized spacial score (nSPS) is 12.1. The smallest absolute Gasteiger partial charge is 0.274 e. The number of hydrogen-bond donors (Lipinski definition) is 0. The van der Waals surface area contributed by atoms with Gasteiger partial charge in [-0.1, -0.05) is 25.4 Å². The van der Waals surface area contributed by atoms with Crippen molar-refractivity contribution in [2.45, 2.75) is 33.6 Å². The Morgan fingerprint density at radius 2 is 2.15 bits per heavy atom. The summed E-state index contributed by atoms with van der Waals surface area (Å²) in [6.45, 7) is 8.41. The maximum Gasteiger partial charge on any atom is 0.274 e. The third kappa shape index (κ3) is 3.91. The summed E-state index contributed by atoms with van der Waals surface area (Å²) in [5.74, 6) is 0.210. The van der Waals surface area contributed by atoms with Gasteiger partial charge in [0.25, 0.3) is 5.91 Å². The van der Waals surface area contributed by atoms with Crippen LogP contribution in [0.4, 0.5) is 0 Å². The number of carbonyl (C=O) groups is 1. The highest BCUT2D eigenvalue weighted by Gasteiger charge is 2.22. The maximum atomic E-state index is 12.5. The van der Waals surface area contributed by atoms with Crippen LogP contribution in [0.1, 0.15) is 49.9 Å². The molecule has 1 unspecified atom stereocenters. The summed E-state index contributed by atoms with van der Waals surface area (Å²) in [4.78, 5) is 22.4. The zero-order chi connectivity index (χ0) is 15.3. The molecule has 6 heteroatoms. The van der Waals surface area contributed by atoms with Crippen molar-refractivity contribution >= 4 is 17.5 Å². The van der Waals surface area contributed by atoms with Gasteiger partial charge in [-0.25, -0.2) is 9.97 Å². The highest BCUT2D eigenvalue weighted by molar-refractivity contribution is 6.33. The van der Waals surface area contributed by atoms with Gasteiger partial charge in [0.15, 0.2) is 5.69 Å². The van der Waals surface area contributed by atoms with Crippen molar-refractivity contribution in [1.29, 1.82) is 5.26 Å². The topological polar surface area (TPSA) is 69.9 Å². The summed E-state index contributed by atoms with van der Waals surface area (Å²) < 4.78 is 0. The number of aromatic nitrogens is 2. The van der Waals surface area contributed by atoms with Crippen LogP contribution < -0.4 is 0 Å². The lowest BCUT2D eigenvalue weighted by molar-refractivity contribution is 0.0746. The molecule has 0 fully saturated rings. The first-order valence-corrected chi connectivity index (χ1v) is 6.99. The van der Waals surface area contributed by atoms with Crippen LogP contribution >= 0.6 is 11.6 Å². The molecule has 108 valence electrons. The molecule has 0 aliphatic carbocycles. The third-order valence-corrected chi connectivity index (χ3v) is 3.14. The van der Waals surface area contributed by atoms with E-state index in [9.17, 15) is 4.79 Å². The minimum Gasteiger partial charge on any atom is -0.336 e. The standard InChI is InChI=1S/C14H19ClN4O/c1-5-19(8-10(4)6-16)14(20)12-11(15)7-17-13(18-12)9(2)3/h7,9-10H,5,8H2,1-4H3. The molecule has 0 N–H and O–H groups in total. The number of nitrogens with zero attached hydrogens (tertiary/aromatic N) is 4. The van der Waals surface area contributed by atoms with Crippen LogP contribution in [0.2, 0.25) is 5.02 Å². The second kappa shape index (κ2) is 7.20. The van der Waals surface area contributed by atoms with Crippen molar-refractivity contribution in [3.63, 3.8) is 0 Å². The van der Waals surface area contributed by atoms with Crippen molar-refractivity contribution in [3.05, 3.63) is 22.7 Å². The number of carbonyl (C=O) groups excluding carboxylic acids is 1. The molecule has 5 nitrogen and oxygen atoms in total. The van der Waals surface area contributed by atoms with E-state index in [1.54, 1.807) is 11.8 Å². The van der Waals surface area contributed by atoms with Gasteiger partial charge in [-0.05, 0) is 13.8 Å². The first-order valence-electron chi connectivity index (χ1n) is 6.62. The van der Waals surface area contributed by atoms with E-state index >= 15 is 0 Å². The molecule has 0 aliphatic heterocycles. The van der Waals surface area contributed by atoms with Crippen molar-refractivity contribution in [1.82, 2.24) is 14.9 Å². The second-order valence-corrected chi connectivity index (χ2v) is 5.36. The number of halogens is 1. The van der Waals surface area contributed by atoms with Gasteiger partial charge in [0, 0.05) is 19.0 Å². The van der Waals surface area contributed by atoms with E-state index in [1.165, 1.54) is 6.20 Å². The van der Waals surface area contributed by atoms with Crippen molar-refractivity contribution in [2.24, 2.45) is 5.92 Å². The molecule has 0 saturated carbocycles. The van der Waals surface area contributed by atoms with Gasteiger partial charge in [0.05, 0.1) is 23.2 Å². The summed E-state index contributed by atoms with van der Waals surface area (Å²) in [7, 11) is 0. The van der Waals surface area contributed by atoms with E-state index < -0.39 is 0 Å². The van der Waals surface area contributed by atoms with Gasteiger partial charge in [-0.3, -0.25) is 4.79 Å². The largest absolute Gasteiger partial charge is 0.336 e. The van der Waals surface area contributed by atoms with Crippen LogP contribution in [-0.4, -0.2) is 33.9 Å². The molecule has 1 amide bonds. The van der Waals surface area contributed by atoms with Gasteiger partial charge >= 0.3 is 0 Å². The van der Waals surface area contributed by atoms with E-state index in [0.717, 1.165) is 0 Å². The lowest BCUT2D eigenvalue weighted by Crippen LogP contribution is -2.35. The Balaban J connectivity index is 3.06. The molecule has 0 saturated heterocycles. The molecular weight excluding hydrogens is 276 g/mol. The Morgan fingerprint density at radius 1 is 1.50 bits per heavy atom. The SMILES string of the molecule is CCN(CC(C)C#N)C(=O)c1nc(C(C)C)ncc1Cl. The lowest BCUT2D eigenvalue weighted by atomic mass is 10.2. The first-order chi connectivity index (χ1) is 9.40. The zero-order valence-electron chi connectivity index (χ0n) is 12.2. The highest BCUT2D eigenvalue weighted by Crippen LogP contribution is 2.18. The van der Waals surface area contributed by atoms with E-state index in [0.29, 0.717) is 18.9 Å². The Morgan fingerprint density at radius 3 is 2.65 bits per heavy atom. The van der Waals surface area contributed by atoms with Gasteiger partial charge in [-0.2, -0.15) is 5.26 Å². The average Bonchev–Trinajstić information content (AvgIpc) is 2.43. The first kappa shape index (κ1) is 16.4. The fraction of sp³-hybridized carbons (Fsp3) is 0.571. The predicted molar refractivity (Wildman–Crippen MR) is 77.5 cm³/mol. The number of nitriles is 1. The van der Waals surface area contributed by atoms with E-state index in [1.807, 2.05) is 20.8 Å². The van der Waals surface area contributed by atoms with Gasteiger partial charge < -0.3 is 4.90 Å². The van der Waals surface area contributed by atoms with E-state index in [2.05, 4.69) is 16.0 Å². The minimum atomic E-state index is -0.260. The predicted octanol–water partition coefficient (Wildman–Crippen LogP) is 2.88. The van der Waals surface area contributed by atoms with Crippen molar-refractivity contribution in [3.8, 4) is 6.07 Å². The molecule has 20 heavy (non-hydrogen) atoms. The Kier molecular flexibility index (Phi) is 5.90. The summed E-state index contributed by atoms with van der Waals surface area (Å²) in [5.41, 5.74) is 0.206. The van der Waals surface area contributed by atoms with Crippen LogP contribution in [-0.2, 0) is 0 Å². The molecule has 0 bridgehead atoms.